The van der Waals surface area contributed by atoms with Crippen LogP contribution < -0.4 is 22.0 Å². The molecule has 5 heteroatoms. The van der Waals surface area contributed by atoms with Crippen LogP contribution in [0, 0.1) is 0 Å². The van der Waals surface area contributed by atoms with Crippen molar-refractivity contribution in [1.82, 2.24) is 4.90 Å². The lowest BCUT2D eigenvalue weighted by Gasteiger charge is -2.39. The Kier molecular flexibility index (Phi) is 7.08. The van der Waals surface area contributed by atoms with E-state index in [4.69, 9.17) is 4.74 Å². The van der Waals surface area contributed by atoms with Gasteiger partial charge in [-0.3, -0.25) is 4.79 Å². The molecule has 1 amide bonds. The number of piperazine rings is 1. The molecule has 4 aromatic carbocycles. The number of quaternary nitrogens is 1. The molecule has 0 aliphatic carbocycles. The average Bonchev–Trinajstić information content (AvgIpc) is 2.93. The first kappa shape index (κ1) is 24.1. The summed E-state index contributed by atoms with van der Waals surface area (Å²) in [5.74, 6) is 1.41. The number of rotatable bonds is 4. The molecule has 2 heterocycles. The van der Waals surface area contributed by atoms with E-state index in [1.165, 1.54) is 16.0 Å². The van der Waals surface area contributed by atoms with Crippen molar-refractivity contribution in [3.8, 4) is 11.5 Å². The molecule has 0 atom stereocenters. The highest BCUT2D eigenvalue weighted by molar-refractivity contribution is 5.89. The minimum Gasteiger partial charge on any atom is -1.00 e. The van der Waals surface area contributed by atoms with Crippen molar-refractivity contribution < 1.29 is 26.8 Å². The molecule has 0 saturated carbocycles. The lowest BCUT2D eigenvalue weighted by atomic mass is 9.86. The Morgan fingerprint density at radius 1 is 0.694 bits per heavy atom. The minimum absolute atomic E-state index is 0. The highest BCUT2D eigenvalue weighted by atomic mass is 35.5. The highest BCUT2D eigenvalue weighted by Crippen LogP contribution is 2.44. The van der Waals surface area contributed by atoms with E-state index in [1.807, 2.05) is 48.5 Å². The summed E-state index contributed by atoms with van der Waals surface area (Å²) in [5, 5.41) is 0. The highest BCUT2D eigenvalue weighted by Gasteiger charge is 2.38. The van der Waals surface area contributed by atoms with Gasteiger partial charge in [-0.25, -0.2) is 0 Å². The van der Waals surface area contributed by atoms with Crippen LogP contribution in [-0.2, 0) is 4.79 Å². The molecule has 4 nitrogen and oxygen atoms in total. The predicted molar refractivity (Wildman–Crippen MR) is 137 cm³/mol. The van der Waals surface area contributed by atoms with Gasteiger partial charge in [0.1, 0.15) is 17.5 Å². The van der Waals surface area contributed by atoms with Crippen molar-refractivity contribution in [3.05, 3.63) is 131 Å². The van der Waals surface area contributed by atoms with Gasteiger partial charge in [0, 0.05) is 22.3 Å². The van der Waals surface area contributed by atoms with E-state index in [9.17, 15) is 4.79 Å². The second-order valence-electron chi connectivity index (χ2n) is 9.35. The van der Waals surface area contributed by atoms with Crippen LogP contribution in [0.25, 0.3) is 0 Å². The number of para-hydroxylation sites is 2. The Balaban J connectivity index is 0.00000267. The summed E-state index contributed by atoms with van der Waals surface area (Å²) in [6.45, 7) is 3.30. The number of ether oxygens (including phenoxy) is 1. The standard InChI is InChI=1S/C31H28N2O2.ClH/c34-31(29-25-15-7-9-17-27(25)35-28-18-10-8-16-26(28)29)33-21-19-32(20-22-33)30(23-11-3-1-4-12-23)24-13-5-2-6-14-24;/h1-18,29-30H,19-22H2;1H. The smallest absolute Gasteiger partial charge is 0.235 e. The Labute approximate surface area is 218 Å². The van der Waals surface area contributed by atoms with E-state index in [0.29, 0.717) is 0 Å². The summed E-state index contributed by atoms with van der Waals surface area (Å²) in [6, 6.07) is 37.6. The molecule has 1 N–H and O–H groups in total. The Morgan fingerprint density at radius 3 is 1.64 bits per heavy atom. The number of nitrogens with zero attached hydrogens (tertiary/aromatic N) is 1. The summed E-state index contributed by atoms with van der Waals surface area (Å²) in [5.41, 5.74) is 4.55. The number of benzene rings is 4. The van der Waals surface area contributed by atoms with Gasteiger partial charge in [0.25, 0.3) is 0 Å². The Hall–Kier alpha value is -3.60. The lowest BCUT2D eigenvalue weighted by Crippen LogP contribution is -3.15. The minimum atomic E-state index is -0.322. The van der Waals surface area contributed by atoms with Crippen LogP contribution in [0.4, 0.5) is 0 Å². The van der Waals surface area contributed by atoms with Gasteiger partial charge in [-0.2, -0.15) is 0 Å². The molecule has 0 aromatic heterocycles. The fourth-order valence-corrected chi connectivity index (χ4v) is 5.62. The number of fused-ring (bicyclic) bond motifs is 2. The summed E-state index contributed by atoms with van der Waals surface area (Å²) >= 11 is 0. The van der Waals surface area contributed by atoms with Crippen LogP contribution in [0.1, 0.15) is 34.2 Å². The maximum absolute atomic E-state index is 14.0. The summed E-state index contributed by atoms with van der Waals surface area (Å²) in [4.78, 5) is 17.5. The van der Waals surface area contributed by atoms with Gasteiger partial charge in [0.15, 0.2) is 0 Å². The zero-order chi connectivity index (χ0) is 23.6. The quantitative estimate of drug-likeness (QED) is 0.464. The zero-order valence-corrected chi connectivity index (χ0v) is 20.8. The van der Waals surface area contributed by atoms with E-state index in [0.717, 1.165) is 48.8 Å². The molecule has 0 radical (unpaired) electrons. The van der Waals surface area contributed by atoms with Gasteiger partial charge in [-0.15, -0.1) is 0 Å². The molecule has 4 aromatic rings. The zero-order valence-electron chi connectivity index (χ0n) is 20.0. The number of amides is 1. The maximum atomic E-state index is 14.0. The maximum Gasteiger partial charge on any atom is 0.235 e. The largest absolute Gasteiger partial charge is 1.00 e. The summed E-state index contributed by atoms with van der Waals surface area (Å²) < 4.78 is 6.12. The van der Waals surface area contributed by atoms with Gasteiger partial charge < -0.3 is 26.9 Å². The van der Waals surface area contributed by atoms with E-state index >= 15 is 0 Å². The second-order valence-corrected chi connectivity index (χ2v) is 9.35. The fraction of sp³-hybridized carbons (Fsp3) is 0.194. The van der Waals surface area contributed by atoms with Crippen molar-refractivity contribution in [2.45, 2.75) is 12.0 Å². The predicted octanol–water partition coefficient (Wildman–Crippen LogP) is 1.44. The second kappa shape index (κ2) is 10.6. The molecule has 36 heavy (non-hydrogen) atoms. The fourth-order valence-electron chi connectivity index (χ4n) is 5.62. The molecule has 2 aliphatic rings. The molecule has 0 unspecified atom stereocenters. The number of hydrogen-bond acceptors (Lipinski definition) is 2. The average molecular weight is 497 g/mol. The van der Waals surface area contributed by atoms with Crippen molar-refractivity contribution in [2.75, 3.05) is 26.2 Å². The molecule has 6 rings (SSSR count). The molecular formula is C31H29ClN2O2. The number of carbonyl (C=O) groups is 1. The van der Waals surface area contributed by atoms with Crippen molar-refractivity contribution in [1.29, 1.82) is 0 Å². The molecule has 1 fully saturated rings. The Morgan fingerprint density at radius 2 is 1.14 bits per heavy atom. The van der Waals surface area contributed by atoms with Crippen molar-refractivity contribution >= 4 is 5.91 Å². The van der Waals surface area contributed by atoms with Crippen LogP contribution >= 0.6 is 0 Å². The first-order valence-electron chi connectivity index (χ1n) is 12.4. The van der Waals surface area contributed by atoms with Crippen LogP contribution in [0.5, 0.6) is 11.5 Å². The third kappa shape index (κ3) is 4.50. The number of halogens is 1. The lowest BCUT2D eigenvalue weighted by molar-refractivity contribution is -0.929. The van der Waals surface area contributed by atoms with Gasteiger partial charge in [0.05, 0.1) is 32.1 Å². The van der Waals surface area contributed by atoms with Gasteiger partial charge >= 0.3 is 0 Å². The van der Waals surface area contributed by atoms with Gasteiger partial charge in [0.2, 0.25) is 5.91 Å². The van der Waals surface area contributed by atoms with Crippen LogP contribution in [0.15, 0.2) is 109 Å². The molecular weight excluding hydrogens is 468 g/mol. The van der Waals surface area contributed by atoms with Crippen LogP contribution in [-0.4, -0.2) is 37.0 Å². The molecule has 1 saturated heterocycles. The molecule has 0 bridgehead atoms. The first-order valence-corrected chi connectivity index (χ1v) is 12.4. The van der Waals surface area contributed by atoms with Crippen LogP contribution in [0.2, 0.25) is 0 Å². The number of nitrogens with one attached hydrogen (secondary N) is 1. The van der Waals surface area contributed by atoms with Crippen molar-refractivity contribution in [3.63, 3.8) is 0 Å². The van der Waals surface area contributed by atoms with Gasteiger partial charge in [-0.1, -0.05) is 97.1 Å². The molecule has 0 spiro atoms. The third-order valence-corrected chi connectivity index (χ3v) is 7.32. The van der Waals surface area contributed by atoms with E-state index in [1.54, 1.807) is 0 Å². The molecule has 2 aliphatic heterocycles. The first-order chi connectivity index (χ1) is 17.3. The summed E-state index contributed by atoms with van der Waals surface area (Å²) in [7, 11) is 0. The number of hydrogen-bond donors (Lipinski definition) is 1. The van der Waals surface area contributed by atoms with E-state index < -0.39 is 0 Å². The van der Waals surface area contributed by atoms with E-state index in [2.05, 4.69) is 65.6 Å². The normalized spacial score (nSPS) is 15.4. The van der Waals surface area contributed by atoms with Crippen LogP contribution in [0.3, 0.4) is 0 Å². The third-order valence-electron chi connectivity index (χ3n) is 7.32. The SMILES string of the molecule is O=C(C1c2ccccc2Oc2ccccc21)N1CC[NH+](C(c2ccccc2)c2ccccc2)CC1.[Cl-]. The van der Waals surface area contributed by atoms with Crippen molar-refractivity contribution in [2.24, 2.45) is 0 Å². The van der Waals surface area contributed by atoms with Gasteiger partial charge in [-0.05, 0) is 12.1 Å². The Bertz CT molecular complexity index is 1240. The van der Waals surface area contributed by atoms with E-state index in [-0.39, 0.29) is 30.3 Å². The molecule has 182 valence electrons. The number of carbonyl (C=O) groups excluding carboxylic acids is 1. The monoisotopic (exact) mass is 496 g/mol. The summed E-state index contributed by atoms with van der Waals surface area (Å²) in [6.07, 6.45) is 0. The topological polar surface area (TPSA) is 34.0 Å².